The molecule has 2 heterocycles. The molecule has 1 aromatic heterocycles. The van der Waals surface area contributed by atoms with Crippen LogP contribution in [-0.2, 0) is 17.8 Å². The van der Waals surface area contributed by atoms with Crippen LogP contribution < -0.4 is 10.9 Å². The van der Waals surface area contributed by atoms with Crippen LogP contribution in [0.3, 0.4) is 0 Å². The molecule has 5 nitrogen and oxygen atoms in total. The summed E-state index contributed by atoms with van der Waals surface area (Å²) in [6, 6.07) is 0. The lowest BCUT2D eigenvalue weighted by Crippen LogP contribution is -2.41. The van der Waals surface area contributed by atoms with E-state index in [9.17, 15) is 9.59 Å². The fraction of sp³-hybridized carbons (Fsp3) is 0.667. The molecule has 0 aliphatic carbocycles. The van der Waals surface area contributed by atoms with Crippen LogP contribution in [0.5, 0.6) is 0 Å². The molecule has 116 valence electrons. The molecule has 1 amide bonds. The predicted molar refractivity (Wildman–Crippen MR) is 84.7 cm³/mol. The number of amides is 1. The van der Waals surface area contributed by atoms with Crippen molar-refractivity contribution in [3.05, 3.63) is 21.6 Å². The van der Waals surface area contributed by atoms with Crippen LogP contribution in [0.25, 0.3) is 0 Å². The Morgan fingerprint density at radius 2 is 2.24 bits per heavy atom. The Morgan fingerprint density at radius 1 is 1.48 bits per heavy atom. The van der Waals surface area contributed by atoms with E-state index in [1.54, 1.807) is 4.57 Å². The minimum absolute atomic E-state index is 0.0126. The van der Waals surface area contributed by atoms with Crippen molar-refractivity contribution >= 4 is 17.7 Å². The highest BCUT2D eigenvalue weighted by Crippen LogP contribution is 2.25. The van der Waals surface area contributed by atoms with Gasteiger partial charge in [0.15, 0.2) is 5.16 Å². The molecule has 0 fully saturated rings. The van der Waals surface area contributed by atoms with Crippen molar-refractivity contribution in [1.82, 2.24) is 14.9 Å². The normalized spacial score (nSPS) is 17.4. The summed E-state index contributed by atoms with van der Waals surface area (Å²) in [7, 11) is 0. The van der Waals surface area contributed by atoms with Gasteiger partial charge in [-0.15, -0.1) is 0 Å². The van der Waals surface area contributed by atoms with E-state index in [4.69, 9.17) is 0 Å². The molecular weight excluding hydrogens is 286 g/mol. The average molecular weight is 309 g/mol. The molecule has 0 aromatic carbocycles. The minimum Gasteiger partial charge on any atom is -0.356 e. The highest BCUT2D eigenvalue weighted by atomic mass is 32.2. The van der Waals surface area contributed by atoms with Crippen LogP contribution in [0.2, 0.25) is 0 Å². The second-order valence-electron chi connectivity index (χ2n) is 5.38. The van der Waals surface area contributed by atoms with E-state index in [1.807, 2.05) is 13.8 Å². The monoisotopic (exact) mass is 309 g/mol. The first-order valence-electron chi connectivity index (χ1n) is 7.59. The van der Waals surface area contributed by atoms with Gasteiger partial charge in [0.2, 0.25) is 5.91 Å². The molecule has 1 aliphatic heterocycles. The van der Waals surface area contributed by atoms with Crippen LogP contribution in [0.1, 0.15) is 37.9 Å². The van der Waals surface area contributed by atoms with Gasteiger partial charge in [0, 0.05) is 30.1 Å². The fourth-order valence-electron chi connectivity index (χ4n) is 2.49. The van der Waals surface area contributed by atoms with Gasteiger partial charge in [0.05, 0.1) is 5.92 Å². The van der Waals surface area contributed by atoms with Crippen LogP contribution in [0.4, 0.5) is 0 Å². The zero-order chi connectivity index (χ0) is 15.4. The summed E-state index contributed by atoms with van der Waals surface area (Å²) in [4.78, 5) is 29.1. The maximum Gasteiger partial charge on any atom is 0.257 e. The molecule has 21 heavy (non-hydrogen) atoms. The van der Waals surface area contributed by atoms with E-state index < -0.39 is 0 Å². The highest BCUT2D eigenvalue weighted by Gasteiger charge is 2.27. The van der Waals surface area contributed by atoms with Crippen LogP contribution in [-0.4, -0.2) is 27.8 Å². The second kappa shape index (κ2) is 7.11. The standard InChI is InChI=1S/C15H23N3O2S/c1-4-6-7-16-13(19)11-8-18-14(20)12(5-2)10(3)17-15(18)21-9-11/h11H,4-9H2,1-3H3,(H,16,19). The molecule has 1 unspecified atom stereocenters. The number of nitrogens with zero attached hydrogens (tertiary/aromatic N) is 2. The maximum atomic E-state index is 12.5. The second-order valence-corrected chi connectivity index (χ2v) is 6.37. The molecular formula is C15H23N3O2S. The number of unbranched alkanes of at least 4 members (excludes halogenated alkanes) is 1. The first-order valence-corrected chi connectivity index (χ1v) is 8.57. The molecule has 2 rings (SSSR count). The molecule has 1 aliphatic rings. The predicted octanol–water partition coefficient (Wildman–Crippen LogP) is 1.75. The van der Waals surface area contributed by atoms with Crippen LogP contribution in [0, 0.1) is 12.8 Å². The van der Waals surface area contributed by atoms with E-state index in [-0.39, 0.29) is 17.4 Å². The van der Waals surface area contributed by atoms with Gasteiger partial charge in [0.25, 0.3) is 5.56 Å². The maximum absolute atomic E-state index is 12.5. The van der Waals surface area contributed by atoms with Gasteiger partial charge in [0.1, 0.15) is 0 Å². The van der Waals surface area contributed by atoms with Crippen molar-refractivity contribution in [2.45, 2.75) is 51.7 Å². The number of carbonyl (C=O) groups is 1. The van der Waals surface area contributed by atoms with E-state index in [0.717, 1.165) is 29.3 Å². The van der Waals surface area contributed by atoms with E-state index >= 15 is 0 Å². The number of hydrogen-bond donors (Lipinski definition) is 1. The number of thioether (sulfide) groups is 1. The van der Waals surface area contributed by atoms with E-state index in [2.05, 4.69) is 17.2 Å². The third-order valence-corrected chi connectivity index (χ3v) is 4.94. The third-order valence-electron chi connectivity index (χ3n) is 3.80. The number of fused-ring (bicyclic) bond motifs is 1. The molecule has 1 N–H and O–H groups in total. The van der Waals surface area contributed by atoms with E-state index in [1.165, 1.54) is 11.8 Å². The number of rotatable bonds is 5. The van der Waals surface area contributed by atoms with Crippen molar-refractivity contribution in [1.29, 1.82) is 0 Å². The molecule has 0 spiro atoms. The zero-order valence-corrected chi connectivity index (χ0v) is 13.8. The zero-order valence-electron chi connectivity index (χ0n) is 12.9. The smallest absolute Gasteiger partial charge is 0.257 e. The molecule has 0 saturated heterocycles. The Morgan fingerprint density at radius 3 is 2.90 bits per heavy atom. The van der Waals surface area contributed by atoms with Gasteiger partial charge in [-0.1, -0.05) is 32.0 Å². The van der Waals surface area contributed by atoms with Crippen molar-refractivity contribution in [3.8, 4) is 0 Å². The lowest BCUT2D eigenvalue weighted by molar-refractivity contribution is -0.124. The summed E-state index contributed by atoms with van der Waals surface area (Å²) < 4.78 is 1.67. The number of aryl methyl sites for hydroxylation is 1. The first-order chi connectivity index (χ1) is 10.1. The summed E-state index contributed by atoms with van der Waals surface area (Å²) in [6.07, 6.45) is 2.73. The van der Waals surface area contributed by atoms with Gasteiger partial charge in [-0.3, -0.25) is 14.2 Å². The fourth-order valence-corrected chi connectivity index (χ4v) is 3.62. The summed E-state index contributed by atoms with van der Waals surface area (Å²) >= 11 is 1.50. The van der Waals surface area contributed by atoms with Gasteiger partial charge >= 0.3 is 0 Å². The molecule has 1 atom stereocenters. The van der Waals surface area contributed by atoms with Crippen molar-refractivity contribution in [2.24, 2.45) is 5.92 Å². The van der Waals surface area contributed by atoms with Crippen molar-refractivity contribution in [2.75, 3.05) is 12.3 Å². The largest absolute Gasteiger partial charge is 0.356 e. The van der Waals surface area contributed by atoms with Gasteiger partial charge in [-0.25, -0.2) is 4.98 Å². The van der Waals surface area contributed by atoms with Gasteiger partial charge in [-0.05, 0) is 19.8 Å². The van der Waals surface area contributed by atoms with Crippen molar-refractivity contribution < 1.29 is 4.79 Å². The third kappa shape index (κ3) is 3.48. The SMILES string of the molecule is CCCCNC(=O)C1CSc2nc(C)c(CC)c(=O)n2C1. The number of hydrogen-bond acceptors (Lipinski definition) is 4. The average Bonchev–Trinajstić information content (AvgIpc) is 2.47. The first kappa shape index (κ1) is 16.1. The Balaban J connectivity index is 2.16. The van der Waals surface area contributed by atoms with Gasteiger partial charge in [-0.2, -0.15) is 0 Å². The lowest BCUT2D eigenvalue weighted by atomic mass is 10.1. The Hall–Kier alpha value is -1.30. The molecule has 0 saturated carbocycles. The van der Waals surface area contributed by atoms with Crippen LogP contribution in [0.15, 0.2) is 9.95 Å². The topological polar surface area (TPSA) is 64.0 Å². The Labute approximate surface area is 129 Å². The molecule has 1 aromatic rings. The number of carbonyl (C=O) groups excluding carboxylic acids is 1. The summed E-state index contributed by atoms with van der Waals surface area (Å²) in [5.41, 5.74) is 1.58. The van der Waals surface area contributed by atoms with E-state index in [0.29, 0.717) is 25.3 Å². The quantitative estimate of drug-likeness (QED) is 0.665. The Bertz CT molecular complexity index is 583. The highest BCUT2D eigenvalue weighted by molar-refractivity contribution is 7.99. The summed E-state index contributed by atoms with van der Waals surface area (Å²) in [5, 5.41) is 3.70. The van der Waals surface area contributed by atoms with Crippen LogP contribution >= 0.6 is 11.8 Å². The van der Waals surface area contributed by atoms with Gasteiger partial charge < -0.3 is 5.32 Å². The lowest BCUT2D eigenvalue weighted by Gasteiger charge is -2.25. The number of nitrogens with one attached hydrogen (secondary N) is 1. The summed E-state index contributed by atoms with van der Waals surface area (Å²) in [5.74, 6) is 0.591. The molecule has 0 radical (unpaired) electrons. The minimum atomic E-state index is -0.147. The Kier molecular flexibility index (Phi) is 5.45. The summed E-state index contributed by atoms with van der Waals surface area (Å²) in [6.45, 7) is 7.09. The molecule has 6 heteroatoms. The molecule has 0 bridgehead atoms. The number of aromatic nitrogens is 2. The van der Waals surface area contributed by atoms with Crippen molar-refractivity contribution in [3.63, 3.8) is 0 Å².